The minimum absolute atomic E-state index is 0. The molecule has 2 aromatic rings. The number of nitrogens with one attached hydrogen (secondary N) is 1. The Balaban J connectivity index is 0.00000243. The molecule has 3 N–H and O–H groups in total. The second-order valence-corrected chi connectivity index (χ2v) is 6.40. The van der Waals surface area contributed by atoms with Crippen molar-refractivity contribution in [1.29, 1.82) is 0 Å². The molecule has 0 aliphatic carbocycles. The van der Waals surface area contributed by atoms with Crippen molar-refractivity contribution < 1.29 is 9.53 Å². The molecular formula is C20H26ClN3O2. The third-order valence-corrected chi connectivity index (χ3v) is 4.34. The van der Waals surface area contributed by atoms with E-state index in [1.54, 1.807) is 0 Å². The Bertz CT molecular complexity index is 700. The van der Waals surface area contributed by atoms with E-state index < -0.39 is 0 Å². The van der Waals surface area contributed by atoms with Gasteiger partial charge in [0.25, 0.3) is 0 Å². The van der Waals surface area contributed by atoms with Gasteiger partial charge in [-0.15, -0.1) is 12.4 Å². The number of benzene rings is 2. The zero-order valence-corrected chi connectivity index (χ0v) is 15.6. The molecule has 26 heavy (non-hydrogen) atoms. The lowest BCUT2D eigenvalue weighted by molar-refractivity contribution is -0.120. The standard InChI is InChI=1S/C20H25N3O2.ClH/c21-19-3-1-2-18(12-19)13-20(24)22-14-16-4-6-17(7-5-16)15-23-8-10-25-11-9-23;/h1-7,12H,8-11,13-15,21H2,(H,22,24);1H. The predicted molar refractivity (Wildman–Crippen MR) is 106 cm³/mol. The minimum Gasteiger partial charge on any atom is -0.399 e. The number of nitrogens with zero attached hydrogens (tertiary/aromatic N) is 1. The van der Waals surface area contributed by atoms with Crippen molar-refractivity contribution in [3.05, 3.63) is 65.2 Å². The van der Waals surface area contributed by atoms with Crippen LogP contribution >= 0.6 is 12.4 Å². The molecule has 1 aliphatic heterocycles. The van der Waals surface area contributed by atoms with Crippen LogP contribution < -0.4 is 11.1 Å². The van der Waals surface area contributed by atoms with Crippen LogP contribution in [0.15, 0.2) is 48.5 Å². The lowest BCUT2D eigenvalue weighted by Crippen LogP contribution is -2.35. The normalized spacial score (nSPS) is 14.5. The van der Waals surface area contributed by atoms with E-state index in [0.717, 1.165) is 44.0 Å². The average molecular weight is 376 g/mol. The van der Waals surface area contributed by atoms with Gasteiger partial charge in [0.2, 0.25) is 5.91 Å². The number of amides is 1. The highest BCUT2D eigenvalue weighted by Crippen LogP contribution is 2.10. The van der Waals surface area contributed by atoms with E-state index in [-0.39, 0.29) is 18.3 Å². The summed E-state index contributed by atoms with van der Waals surface area (Å²) in [6.45, 7) is 5.10. The van der Waals surface area contributed by atoms with Crippen LogP contribution in [0.5, 0.6) is 0 Å². The topological polar surface area (TPSA) is 67.6 Å². The summed E-state index contributed by atoms with van der Waals surface area (Å²) < 4.78 is 5.37. The molecule has 2 aromatic carbocycles. The van der Waals surface area contributed by atoms with Gasteiger partial charge in [0.1, 0.15) is 0 Å². The van der Waals surface area contributed by atoms with Crippen LogP contribution in [0, 0.1) is 0 Å². The first-order chi connectivity index (χ1) is 12.2. The van der Waals surface area contributed by atoms with Crippen LogP contribution in [-0.4, -0.2) is 37.1 Å². The molecule has 3 rings (SSSR count). The van der Waals surface area contributed by atoms with E-state index >= 15 is 0 Å². The van der Waals surface area contributed by atoms with Crippen molar-refractivity contribution in [3.8, 4) is 0 Å². The highest BCUT2D eigenvalue weighted by atomic mass is 35.5. The monoisotopic (exact) mass is 375 g/mol. The molecule has 0 unspecified atom stereocenters. The molecule has 0 radical (unpaired) electrons. The zero-order chi connectivity index (χ0) is 17.5. The summed E-state index contributed by atoms with van der Waals surface area (Å²) in [6, 6.07) is 15.9. The molecule has 1 aliphatic rings. The molecule has 0 bridgehead atoms. The zero-order valence-electron chi connectivity index (χ0n) is 14.8. The summed E-state index contributed by atoms with van der Waals surface area (Å²) in [5.41, 5.74) is 9.74. The Kier molecular flexibility index (Phi) is 7.91. The predicted octanol–water partition coefficient (Wildman–Crippen LogP) is 2.38. The maximum Gasteiger partial charge on any atom is 0.224 e. The summed E-state index contributed by atoms with van der Waals surface area (Å²) in [4.78, 5) is 14.5. The van der Waals surface area contributed by atoms with Gasteiger partial charge in [-0.3, -0.25) is 9.69 Å². The van der Waals surface area contributed by atoms with E-state index in [2.05, 4.69) is 34.5 Å². The smallest absolute Gasteiger partial charge is 0.224 e. The van der Waals surface area contributed by atoms with Gasteiger partial charge in [0, 0.05) is 31.9 Å². The highest BCUT2D eigenvalue weighted by Gasteiger charge is 2.10. The van der Waals surface area contributed by atoms with Crippen LogP contribution in [0.2, 0.25) is 0 Å². The second-order valence-electron chi connectivity index (χ2n) is 6.40. The summed E-state index contributed by atoms with van der Waals surface area (Å²) in [7, 11) is 0. The maximum atomic E-state index is 12.1. The third-order valence-electron chi connectivity index (χ3n) is 4.34. The number of hydrogen-bond acceptors (Lipinski definition) is 4. The number of ether oxygens (including phenoxy) is 1. The Hall–Kier alpha value is -2.08. The maximum absolute atomic E-state index is 12.1. The number of carbonyl (C=O) groups excluding carboxylic acids is 1. The van der Waals surface area contributed by atoms with Crippen molar-refractivity contribution in [3.63, 3.8) is 0 Å². The molecule has 1 heterocycles. The van der Waals surface area contributed by atoms with E-state index in [1.807, 2.05) is 24.3 Å². The quantitative estimate of drug-likeness (QED) is 0.761. The molecular weight excluding hydrogens is 350 g/mol. The fourth-order valence-corrected chi connectivity index (χ4v) is 2.93. The largest absolute Gasteiger partial charge is 0.399 e. The number of halogens is 1. The number of rotatable bonds is 6. The van der Waals surface area contributed by atoms with Crippen LogP contribution in [-0.2, 0) is 29.0 Å². The van der Waals surface area contributed by atoms with Crippen LogP contribution in [0.3, 0.4) is 0 Å². The van der Waals surface area contributed by atoms with Crippen molar-refractivity contribution in [2.24, 2.45) is 0 Å². The van der Waals surface area contributed by atoms with E-state index in [1.165, 1.54) is 5.56 Å². The van der Waals surface area contributed by atoms with Gasteiger partial charge in [-0.1, -0.05) is 36.4 Å². The number of hydrogen-bond donors (Lipinski definition) is 2. The molecule has 0 saturated carbocycles. The van der Waals surface area contributed by atoms with E-state index in [4.69, 9.17) is 10.5 Å². The molecule has 1 saturated heterocycles. The van der Waals surface area contributed by atoms with Gasteiger partial charge >= 0.3 is 0 Å². The number of nitrogen functional groups attached to an aromatic ring is 1. The lowest BCUT2D eigenvalue weighted by Gasteiger charge is -2.26. The van der Waals surface area contributed by atoms with Crippen molar-refractivity contribution in [2.75, 3.05) is 32.0 Å². The van der Waals surface area contributed by atoms with Gasteiger partial charge < -0.3 is 15.8 Å². The fraction of sp³-hybridized carbons (Fsp3) is 0.350. The summed E-state index contributed by atoms with van der Waals surface area (Å²) in [5, 5.41) is 2.96. The molecule has 1 fully saturated rings. The summed E-state index contributed by atoms with van der Waals surface area (Å²) >= 11 is 0. The Morgan fingerprint density at radius 3 is 2.42 bits per heavy atom. The second kappa shape index (κ2) is 10.2. The van der Waals surface area contributed by atoms with E-state index in [0.29, 0.717) is 18.7 Å². The minimum atomic E-state index is 0. The van der Waals surface area contributed by atoms with Crippen LogP contribution in [0.4, 0.5) is 5.69 Å². The Morgan fingerprint density at radius 2 is 1.73 bits per heavy atom. The Morgan fingerprint density at radius 1 is 1.04 bits per heavy atom. The van der Waals surface area contributed by atoms with Gasteiger partial charge in [-0.05, 0) is 28.8 Å². The SMILES string of the molecule is Cl.Nc1cccc(CC(=O)NCc2ccc(CN3CCOCC3)cc2)c1. The van der Waals surface area contributed by atoms with Crippen molar-refractivity contribution in [2.45, 2.75) is 19.5 Å². The summed E-state index contributed by atoms with van der Waals surface area (Å²) in [6.07, 6.45) is 0.347. The number of morpholine rings is 1. The molecule has 0 spiro atoms. The first-order valence-electron chi connectivity index (χ1n) is 8.68. The Labute approximate surface area is 160 Å². The van der Waals surface area contributed by atoms with Gasteiger partial charge in [0.05, 0.1) is 19.6 Å². The molecule has 5 nitrogen and oxygen atoms in total. The third kappa shape index (κ3) is 6.33. The highest BCUT2D eigenvalue weighted by molar-refractivity contribution is 5.85. The molecule has 140 valence electrons. The first kappa shape index (κ1) is 20.2. The van der Waals surface area contributed by atoms with E-state index in [9.17, 15) is 4.79 Å². The number of nitrogens with two attached hydrogens (primary N) is 1. The number of carbonyl (C=O) groups is 1. The lowest BCUT2D eigenvalue weighted by atomic mass is 10.1. The molecule has 0 atom stereocenters. The van der Waals surface area contributed by atoms with Crippen LogP contribution in [0.1, 0.15) is 16.7 Å². The van der Waals surface area contributed by atoms with Crippen LogP contribution in [0.25, 0.3) is 0 Å². The van der Waals surface area contributed by atoms with Gasteiger partial charge in [-0.25, -0.2) is 0 Å². The number of anilines is 1. The van der Waals surface area contributed by atoms with Gasteiger partial charge in [0.15, 0.2) is 0 Å². The van der Waals surface area contributed by atoms with Crippen molar-refractivity contribution in [1.82, 2.24) is 10.2 Å². The van der Waals surface area contributed by atoms with Gasteiger partial charge in [-0.2, -0.15) is 0 Å². The average Bonchev–Trinajstić information content (AvgIpc) is 2.62. The first-order valence-corrected chi connectivity index (χ1v) is 8.68. The fourth-order valence-electron chi connectivity index (χ4n) is 2.93. The summed E-state index contributed by atoms with van der Waals surface area (Å²) in [5.74, 6) is 0.00277. The molecule has 6 heteroatoms. The molecule has 1 amide bonds. The van der Waals surface area contributed by atoms with Crippen molar-refractivity contribution >= 4 is 24.0 Å². The molecule has 0 aromatic heterocycles.